The summed E-state index contributed by atoms with van der Waals surface area (Å²) in [5, 5.41) is 21.4. The number of halogens is 1. The van der Waals surface area contributed by atoms with Gasteiger partial charge in [0.1, 0.15) is 0 Å². The summed E-state index contributed by atoms with van der Waals surface area (Å²) in [6.07, 6.45) is 0.247. The van der Waals surface area contributed by atoms with Crippen molar-refractivity contribution in [1.82, 2.24) is 0 Å². The molecule has 8 heteroatoms. The number of nitrogens with zero attached hydrogens (tertiary/aromatic N) is 1. The van der Waals surface area contributed by atoms with Crippen LogP contribution in [0.25, 0.3) is 0 Å². The molecule has 2 rings (SSSR count). The zero-order valence-corrected chi connectivity index (χ0v) is 9.50. The van der Waals surface area contributed by atoms with E-state index in [-0.39, 0.29) is 12.1 Å². The second kappa shape index (κ2) is 4.63. The predicted octanol–water partition coefficient (Wildman–Crippen LogP) is 1.39. The Balaban J connectivity index is 2.04. The number of nitro benzene ring substituents is 1. The smallest absolute Gasteiger partial charge is 0.307 e. The van der Waals surface area contributed by atoms with Crippen molar-refractivity contribution in [2.24, 2.45) is 11.8 Å². The van der Waals surface area contributed by atoms with Crippen molar-refractivity contribution in [1.29, 1.82) is 0 Å². The Morgan fingerprint density at radius 1 is 1.42 bits per heavy atom. The lowest BCUT2D eigenvalue weighted by Gasteiger charge is -2.04. The third-order valence-corrected chi connectivity index (χ3v) is 2.86. The lowest BCUT2D eigenvalue weighted by molar-refractivity contribution is -0.387. The van der Waals surface area contributed by atoms with E-state index in [1.54, 1.807) is 0 Å². The van der Waals surface area contributed by atoms with E-state index in [9.17, 15) is 24.1 Å². The van der Waals surface area contributed by atoms with E-state index < -0.39 is 40.1 Å². The fourth-order valence-corrected chi connectivity index (χ4v) is 1.73. The highest BCUT2D eigenvalue weighted by atomic mass is 19.1. The van der Waals surface area contributed by atoms with Crippen molar-refractivity contribution in [2.45, 2.75) is 6.42 Å². The number of nitrogens with one attached hydrogen (secondary N) is 1. The monoisotopic (exact) mass is 268 g/mol. The fraction of sp³-hybridized carbons (Fsp3) is 0.273. The highest BCUT2D eigenvalue weighted by molar-refractivity contribution is 5.98. The molecule has 0 saturated heterocycles. The zero-order chi connectivity index (χ0) is 14.2. The molecule has 0 aromatic heterocycles. The maximum Gasteiger partial charge on any atom is 0.307 e. The van der Waals surface area contributed by atoms with Crippen LogP contribution in [0.5, 0.6) is 0 Å². The number of aliphatic carboxylic acids is 1. The van der Waals surface area contributed by atoms with Crippen LogP contribution in [0, 0.1) is 27.8 Å². The molecule has 7 nitrogen and oxygen atoms in total. The molecule has 1 aromatic rings. The van der Waals surface area contributed by atoms with Crippen LogP contribution in [0.4, 0.5) is 15.8 Å². The van der Waals surface area contributed by atoms with E-state index in [1.807, 2.05) is 0 Å². The van der Waals surface area contributed by atoms with Crippen LogP contribution in [0.2, 0.25) is 0 Å². The van der Waals surface area contributed by atoms with Gasteiger partial charge in [-0.1, -0.05) is 0 Å². The molecular weight excluding hydrogens is 259 g/mol. The van der Waals surface area contributed by atoms with Gasteiger partial charge in [0, 0.05) is 17.8 Å². The number of rotatable bonds is 4. The first-order valence-corrected chi connectivity index (χ1v) is 5.37. The number of carbonyl (C=O) groups excluding carboxylic acids is 1. The minimum absolute atomic E-state index is 0.0594. The quantitative estimate of drug-likeness (QED) is 0.633. The summed E-state index contributed by atoms with van der Waals surface area (Å²) in [6, 6.07) is 2.96. The first-order valence-electron chi connectivity index (χ1n) is 5.37. The number of carboxylic acid groups (broad SMARTS) is 1. The maximum absolute atomic E-state index is 13.3. The number of hydrogen-bond donors (Lipinski definition) is 2. The summed E-state index contributed by atoms with van der Waals surface area (Å²) in [7, 11) is 0. The molecule has 2 atom stereocenters. The minimum Gasteiger partial charge on any atom is -0.481 e. The molecule has 0 bridgehead atoms. The number of benzene rings is 1. The summed E-state index contributed by atoms with van der Waals surface area (Å²) in [6.45, 7) is 0. The summed E-state index contributed by atoms with van der Waals surface area (Å²) in [5.74, 6) is -3.97. The lowest BCUT2D eigenvalue weighted by atomic mass is 10.2. The number of nitro groups is 1. The molecule has 1 saturated carbocycles. The van der Waals surface area contributed by atoms with Crippen LogP contribution in [0.1, 0.15) is 6.42 Å². The molecule has 1 aromatic carbocycles. The topological polar surface area (TPSA) is 110 Å². The Kier molecular flexibility index (Phi) is 3.16. The normalized spacial score (nSPS) is 20.7. The van der Waals surface area contributed by atoms with Gasteiger partial charge in [0.15, 0.2) is 0 Å². The molecule has 100 valence electrons. The van der Waals surface area contributed by atoms with Crippen LogP contribution in [-0.2, 0) is 9.59 Å². The number of carboxylic acids is 1. The second-order valence-electron chi connectivity index (χ2n) is 4.20. The van der Waals surface area contributed by atoms with E-state index in [4.69, 9.17) is 5.11 Å². The first kappa shape index (κ1) is 12.9. The maximum atomic E-state index is 13.3. The van der Waals surface area contributed by atoms with Crippen molar-refractivity contribution in [3.63, 3.8) is 0 Å². The van der Waals surface area contributed by atoms with Crippen molar-refractivity contribution in [2.75, 3.05) is 5.32 Å². The third kappa shape index (κ3) is 2.67. The Labute approximate surface area is 106 Å². The summed E-state index contributed by atoms with van der Waals surface area (Å²) < 4.78 is 13.3. The van der Waals surface area contributed by atoms with Gasteiger partial charge in [0.2, 0.25) is 11.7 Å². The van der Waals surface area contributed by atoms with Crippen molar-refractivity contribution < 1.29 is 24.0 Å². The lowest BCUT2D eigenvalue weighted by Crippen LogP contribution is -2.16. The highest BCUT2D eigenvalue weighted by Gasteiger charge is 2.48. The predicted molar refractivity (Wildman–Crippen MR) is 60.9 cm³/mol. The Morgan fingerprint density at radius 2 is 2.11 bits per heavy atom. The van der Waals surface area contributed by atoms with Gasteiger partial charge in [0.05, 0.1) is 16.8 Å². The Hall–Kier alpha value is -2.51. The van der Waals surface area contributed by atoms with Gasteiger partial charge in [-0.2, -0.15) is 4.39 Å². The van der Waals surface area contributed by atoms with Gasteiger partial charge in [-0.25, -0.2) is 0 Å². The van der Waals surface area contributed by atoms with Crippen molar-refractivity contribution in [3.8, 4) is 0 Å². The fourth-order valence-electron chi connectivity index (χ4n) is 1.73. The van der Waals surface area contributed by atoms with E-state index in [0.29, 0.717) is 0 Å². The molecule has 0 aliphatic heterocycles. The van der Waals surface area contributed by atoms with E-state index >= 15 is 0 Å². The van der Waals surface area contributed by atoms with Crippen LogP contribution in [0.3, 0.4) is 0 Å². The second-order valence-corrected chi connectivity index (χ2v) is 4.20. The number of carbonyl (C=O) groups is 2. The van der Waals surface area contributed by atoms with E-state index in [1.165, 1.54) is 6.07 Å². The summed E-state index contributed by atoms with van der Waals surface area (Å²) in [5.41, 5.74) is -0.628. The van der Waals surface area contributed by atoms with Gasteiger partial charge < -0.3 is 10.4 Å². The average molecular weight is 268 g/mol. The van der Waals surface area contributed by atoms with Gasteiger partial charge in [-0.05, 0) is 12.5 Å². The van der Waals surface area contributed by atoms with Gasteiger partial charge >= 0.3 is 11.7 Å². The Bertz CT molecular complexity index is 574. The number of hydrogen-bond acceptors (Lipinski definition) is 4. The van der Waals surface area contributed by atoms with Crippen molar-refractivity contribution in [3.05, 3.63) is 34.1 Å². The highest BCUT2D eigenvalue weighted by Crippen LogP contribution is 2.39. The Morgan fingerprint density at radius 3 is 2.58 bits per heavy atom. The zero-order valence-electron chi connectivity index (χ0n) is 9.50. The molecule has 0 spiro atoms. The SMILES string of the molecule is O=C(O)C1CC1C(=O)Nc1ccc([N+](=O)[O-])c(F)c1. The van der Waals surface area contributed by atoms with Crippen LogP contribution in [-0.4, -0.2) is 21.9 Å². The van der Waals surface area contributed by atoms with Gasteiger partial charge in [0.25, 0.3) is 0 Å². The van der Waals surface area contributed by atoms with Gasteiger partial charge in [-0.15, -0.1) is 0 Å². The van der Waals surface area contributed by atoms with Crippen molar-refractivity contribution >= 4 is 23.3 Å². The molecule has 2 N–H and O–H groups in total. The van der Waals surface area contributed by atoms with E-state index in [2.05, 4.69) is 5.32 Å². The third-order valence-electron chi connectivity index (χ3n) is 2.86. The molecule has 1 aliphatic carbocycles. The standard InChI is InChI=1S/C11H9FN2O5/c12-8-3-5(1-2-9(8)14(18)19)13-10(15)6-4-7(6)11(16)17/h1-3,6-7H,4H2,(H,13,15)(H,16,17). The molecule has 19 heavy (non-hydrogen) atoms. The molecule has 1 aliphatic rings. The van der Waals surface area contributed by atoms with Crippen LogP contribution >= 0.6 is 0 Å². The molecule has 0 radical (unpaired) electrons. The van der Waals surface area contributed by atoms with Gasteiger partial charge in [-0.3, -0.25) is 19.7 Å². The number of amides is 1. The minimum atomic E-state index is -1.06. The number of anilines is 1. The largest absolute Gasteiger partial charge is 0.481 e. The first-order chi connectivity index (χ1) is 8.90. The van der Waals surface area contributed by atoms with E-state index in [0.717, 1.165) is 12.1 Å². The van der Waals surface area contributed by atoms with Crippen LogP contribution in [0.15, 0.2) is 18.2 Å². The molecule has 1 fully saturated rings. The summed E-state index contributed by atoms with van der Waals surface area (Å²) >= 11 is 0. The average Bonchev–Trinajstić information content (AvgIpc) is 3.08. The molecule has 1 amide bonds. The molecule has 0 heterocycles. The van der Waals surface area contributed by atoms with Crippen LogP contribution < -0.4 is 5.32 Å². The summed E-state index contributed by atoms with van der Waals surface area (Å²) in [4.78, 5) is 31.7. The molecular formula is C11H9FN2O5. The molecule has 2 unspecified atom stereocenters.